The summed E-state index contributed by atoms with van der Waals surface area (Å²) in [6, 6.07) is 15.9. The van der Waals surface area contributed by atoms with Crippen LogP contribution in [0.4, 0.5) is 5.69 Å². The first kappa shape index (κ1) is 16.1. The molecule has 122 valence electrons. The van der Waals surface area contributed by atoms with Gasteiger partial charge in [0.15, 0.2) is 9.84 Å². The number of carbonyl (C=O) groups is 1. The van der Waals surface area contributed by atoms with Gasteiger partial charge in [0.1, 0.15) is 0 Å². The van der Waals surface area contributed by atoms with E-state index in [-0.39, 0.29) is 11.7 Å². The SMILES string of the molecule is CS(=O)(=O)Cc1cccc(C(=O)Nc2ccc3ncccc3c2)c1. The van der Waals surface area contributed by atoms with Crippen LogP contribution < -0.4 is 5.32 Å². The molecule has 6 heteroatoms. The Morgan fingerprint density at radius 1 is 1.08 bits per heavy atom. The van der Waals surface area contributed by atoms with Crippen molar-refractivity contribution < 1.29 is 13.2 Å². The normalized spacial score (nSPS) is 11.4. The second kappa shape index (κ2) is 6.41. The van der Waals surface area contributed by atoms with Gasteiger partial charge in [-0.3, -0.25) is 9.78 Å². The Hall–Kier alpha value is -2.73. The number of hydrogen-bond acceptors (Lipinski definition) is 4. The number of anilines is 1. The highest BCUT2D eigenvalue weighted by atomic mass is 32.2. The number of carbonyl (C=O) groups excluding carboxylic acids is 1. The predicted octanol–water partition coefficient (Wildman–Crippen LogP) is 3.03. The number of pyridine rings is 1. The summed E-state index contributed by atoms with van der Waals surface area (Å²) in [5.41, 5.74) is 2.52. The van der Waals surface area contributed by atoms with Crippen LogP contribution in [0.25, 0.3) is 10.9 Å². The van der Waals surface area contributed by atoms with Gasteiger partial charge in [-0.2, -0.15) is 0 Å². The van der Waals surface area contributed by atoms with E-state index in [0.717, 1.165) is 10.9 Å². The molecule has 0 unspecified atom stereocenters. The van der Waals surface area contributed by atoms with Crippen LogP contribution in [0.1, 0.15) is 15.9 Å². The molecule has 3 aromatic rings. The molecule has 5 nitrogen and oxygen atoms in total. The molecule has 0 spiro atoms. The minimum absolute atomic E-state index is 0.0875. The Morgan fingerprint density at radius 2 is 1.92 bits per heavy atom. The van der Waals surface area contributed by atoms with Gasteiger partial charge in [0.05, 0.1) is 11.3 Å². The second-order valence-electron chi connectivity index (χ2n) is 5.64. The van der Waals surface area contributed by atoms with Crippen molar-refractivity contribution in [1.82, 2.24) is 4.98 Å². The summed E-state index contributed by atoms with van der Waals surface area (Å²) < 4.78 is 22.8. The molecule has 24 heavy (non-hydrogen) atoms. The fraction of sp³-hybridized carbons (Fsp3) is 0.111. The van der Waals surface area contributed by atoms with Crippen LogP contribution in [-0.4, -0.2) is 25.6 Å². The van der Waals surface area contributed by atoms with Crippen molar-refractivity contribution in [2.75, 3.05) is 11.6 Å². The molecule has 0 saturated heterocycles. The van der Waals surface area contributed by atoms with Gasteiger partial charge in [-0.05, 0) is 42.0 Å². The molecule has 0 radical (unpaired) electrons. The highest BCUT2D eigenvalue weighted by molar-refractivity contribution is 7.89. The quantitative estimate of drug-likeness (QED) is 0.792. The maximum absolute atomic E-state index is 12.4. The van der Waals surface area contributed by atoms with Crippen LogP contribution in [-0.2, 0) is 15.6 Å². The third-order valence-corrected chi connectivity index (χ3v) is 4.34. The maximum atomic E-state index is 12.4. The van der Waals surface area contributed by atoms with E-state index in [1.807, 2.05) is 24.3 Å². The lowest BCUT2D eigenvalue weighted by Crippen LogP contribution is -2.12. The van der Waals surface area contributed by atoms with Gasteiger partial charge in [0, 0.05) is 29.1 Å². The molecule has 2 aromatic carbocycles. The molecule has 0 fully saturated rings. The van der Waals surface area contributed by atoms with Crippen LogP contribution >= 0.6 is 0 Å². The van der Waals surface area contributed by atoms with Gasteiger partial charge in [-0.15, -0.1) is 0 Å². The lowest BCUT2D eigenvalue weighted by Gasteiger charge is -2.08. The lowest BCUT2D eigenvalue weighted by atomic mass is 10.1. The van der Waals surface area contributed by atoms with E-state index in [9.17, 15) is 13.2 Å². The fourth-order valence-corrected chi connectivity index (χ4v) is 3.25. The van der Waals surface area contributed by atoms with Crippen LogP contribution in [0.15, 0.2) is 60.8 Å². The Labute approximate surface area is 140 Å². The summed E-state index contributed by atoms with van der Waals surface area (Å²) in [5.74, 6) is -0.371. The van der Waals surface area contributed by atoms with E-state index in [2.05, 4.69) is 10.3 Å². The number of fused-ring (bicyclic) bond motifs is 1. The standard InChI is InChI=1S/C18H16N2O3S/c1-24(22,23)12-13-4-2-5-15(10-13)18(21)20-16-7-8-17-14(11-16)6-3-9-19-17/h2-11H,12H2,1H3,(H,20,21). The van der Waals surface area contributed by atoms with Crippen molar-refractivity contribution in [1.29, 1.82) is 0 Å². The number of aromatic nitrogens is 1. The van der Waals surface area contributed by atoms with Crippen LogP contribution in [0, 0.1) is 0 Å². The molecule has 1 N–H and O–H groups in total. The van der Waals surface area contributed by atoms with E-state index in [4.69, 9.17) is 0 Å². The van der Waals surface area contributed by atoms with Crippen LogP contribution in [0.5, 0.6) is 0 Å². The highest BCUT2D eigenvalue weighted by Gasteiger charge is 2.10. The van der Waals surface area contributed by atoms with Gasteiger partial charge in [0.25, 0.3) is 5.91 Å². The van der Waals surface area contributed by atoms with Crippen molar-refractivity contribution in [2.45, 2.75) is 5.75 Å². The van der Waals surface area contributed by atoms with Gasteiger partial charge < -0.3 is 5.32 Å². The van der Waals surface area contributed by atoms with Crippen LogP contribution in [0.2, 0.25) is 0 Å². The Balaban J connectivity index is 1.82. The number of sulfone groups is 1. The van der Waals surface area contributed by atoms with Crippen LogP contribution in [0.3, 0.4) is 0 Å². The zero-order chi connectivity index (χ0) is 17.2. The van der Waals surface area contributed by atoms with E-state index >= 15 is 0 Å². The number of hydrogen-bond donors (Lipinski definition) is 1. The minimum Gasteiger partial charge on any atom is -0.322 e. The molecular formula is C18H16N2O3S. The third-order valence-electron chi connectivity index (χ3n) is 3.48. The first-order valence-corrected chi connectivity index (χ1v) is 9.39. The molecule has 0 aliphatic carbocycles. The largest absolute Gasteiger partial charge is 0.322 e. The van der Waals surface area contributed by atoms with Crippen molar-refractivity contribution in [3.63, 3.8) is 0 Å². The number of amides is 1. The molecule has 0 atom stereocenters. The number of rotatable bonds is 4. The summed E-state index contributed by atoms with van der Waals surface area (Å²) >= 11 is 0. The molecule has 3 rings (SSSR count). The fourth-order valence-electron chi connectivity index (χ4n) is 2.46. The van der Waals surface area contributed by atoms with Gasteiger partial charge in [-0.25, -0.2) is 8.42 Å². The minimum atomic E-state index is -3.14. The monoisotopic (exact) mass is 340 g/mol. The molecular weight excluding hydrogens is 324 g/mol. The maximum Gasteiger partial charge on any atom is 0.255 e. The molecule has 1 aromatic heterocycles. The lowest BCUT2D eigenvalue weighted by molar-refractivity contribution is 0.102. The summed E-state index contributed by atoms with van der Waals surface area (Å²) in [6.07, 6.45) is 2.89. The Kier molecular flexibility index (Phi) is 4.31. The predicted molar refractivity (Wildman–Crippen MR) is 94.7 cm³/mol. The third kappa shape index (κ3) is 3.97. The van der Waals surface area contributed by atoms with Gasteiger partial charge in [0.2, 0.25) is 0 Å². The topological polar surface area (TPSA) is 76.1 Å². The zero-order valence-corrected chi connectivity index (χ0v) is 13.9. The van der Waals surface area contributed by atoms with Crippen molar-refractivity contribution in [2.24, 2.45) is 0 Å². The molecule has 0 aliphatic rings. The average molecular weight is 340 g/mol. The Bertz CT molecular complexity index is 1010. The van der Waals surface area contributed by atoms with Gasteiger partial charge in [-0.1, -0.05) is 18.2 Å². The first-order valence-electron chi connectivity index (χ1n) is 7.33. The van der Waals surface area contributed by atoms with Crippen molar-refractivity contribution in [3.8, 4) is 0 Å². The summed E-state index contributed by atoms with van der Waals surface area (Å²) in [4.78, 5) is 16.6. The van der Waals surface area contributed by atoms with E-state index in [0.29, 0.717) is 16.8 Å². The van der Waals surface area contributed by atoms with E-state index in [1.54, 1.807) is 36.5 Å². The average Bonchev–Trinajstić information content (AvgIpc) is 2.53. The number of nitrogens with one attached hydrogen (secondary N) is 1. The number of nitrogens with zero attached hydrogens (tertiary/aromatic N) is 1. The highest BCUT2D eigenvalue weighted by Crippen LogP contribution is 2.18. The first-order chi connectivity index (χ1) is 11.4. The molecule has 1 amide bonds. The summed E-state index contributed by atoms with van der Waals surface area (Å²) in [7, 11) is -3.14. The smallest absolute Gasteiger partial charge is 0.255 e. The summed E-state index contributed by atoms with van der Waals surface area (Å²) in [5, 5.41) is 3.76. The molecule has 0 aliphatic heterocycles. The zero-order valence-electron chi connectivity index (χ0n) is 13.1. The Morgan fingerprint density at radius 3 is 2.71 bits per heavy atom. The van der Waals surface area contributed by atoms with E-state index in [1.165, 1.54) is 6.26 Å². The van der Waals surface area contributed by atoms with Gasteiger partial charge >= 0.3 is 0 Å². The number of benzene rings is 2. The van der Waals surface area contributed by atoms with Crippen molar-refractivity contribution >= 4 is 32.3 Å². The second-order valence-corrected chi connectivity index (χ2v) is 7.78. The molecule has 1 heterocycles. The van der Waals surface area contributed by atoms with E-state index < -0.39 is 9.84 Å². The molecule has 0 saturated carbocycles. The van der Waals surface area contributed by atoms with Crippen molar-refractivity contribution in [3.05, 3.63) is 71.9 Å². The molecule has 0 bridgehead atoms. The summed E-state index contributed by atoms with van der Waals surface area (Å²) in [6.45, 7) is 0.